The van der Waals surface area contributed by atoms with Gasteiger partial charge in [0.2, 0.25) is 0 Å². The summed E-state index contributed by atoms with van der Waals surface area (Å²) in [6.07, 6.45) is 4.95. The van der Waals surface area contributed by atoms with Gasteiger partial charge < -0.3 is 10.6 Å². The molecule has 0 aromatic carbocycles. The molecule has 1 rings (SSSR count). The van der Waals surface area contributed by atoms with Crippen LogP contribution in [0.15, 0.2) is 19.0 Å². The summed E-state index contributed by atoms with van der Waals surface area (Å²) in [7, 11) is 0. The van der Waals surface area contributed by atoms with Gasteiger partial charge in [-0.25, -0.2) is 14.5 Å². The Hall–Kier alpha value is -1.85. The number of carbonyl (C=O) groups is 1. The van der Waals surface area contributed by atoms with Gasteiger partial charge in [0, 0.05) is 12.6 Å². The number of nitrogens with zero attached hydrogens (tertiary/aromatic N) is 3. The molecule has 100 valence electrons. The van der Waals surface area contributed by atoms with E-state index in [4.69, 9.17) is 0 Å². The van der Waals surface area contributed by atoms with Crippen molar-refractivity contribution < 1.29 is 4.79 Å². The second kappa shape index (κ2) is 7.47. The summed E-state index contributed by atoms with van der Waals surface area (Å²) in [5.41, 5.74) is 0. The first-order chi connectivity index (χ1) is 8.71. The highest BCUT2D eigenvalue weighted by atomic mass is 16.2. The van der Waals surface area contributed by atoms with Crippen LogP contribution in [0.4, 0.5) is 4.79 Å². The molecule has 1 heterocycles. The summed E-state index contributed by atoms with van der Waals surface area (Å²) in [5.74, 6) is 0.754. The third-order valence-electron chi connectivity index (χ3n) is 2.68. The molecule has 2 N–H and O–H groups in total. The number of aryl methyl sites for hydroxylation is 1. The fourth-order valence-electron chi connectivity index (χ4n) is 1.61. The monoisotopic (exact) mass is 251 g/mol. The lowest BCUT2D eigenvalue weighted by Crippen LogP contribution is -2.41. The zero-order valence-electron chi connectivity index (χ0n) is 11.0. The van der Waals surface area contributed by atoms with Gasteiger partial charge in [-0.1, -0.05) is 13.0 Å². The predicted octanol–water partition coefficient (Wildman–Crippen LogP) is 1.45. The average Bonchev–Trinajstić information content (AvgIpc) is 2.83. The molecule has 0 saturated carbocycles. The van der Waals surface area contributed by atoms with Crippen molar-refractivity contribution in [1.82, 2.24) is 25.4 Å². The number of amides is 2. The minimum absolute atomic E-state index is 0.131. The Morgan fingerprint density at radius 3 is 3.00 bits per heavy atom. The summed E-state index contributed by atoms with van der Waals surface area (Å²) in [6, 6.07) is -0.0547. The zero-order valence-corrected chi connectivity index (χ0v) is 11.0. The molecule has 6 nitrogen and oxygen atoms in total. The van der Waals surface area contributed by atoms with Crippen molar-refractivity contribution in [3.8, 4) is 0 Å². The van der Waals surface area contributed by atoms with Crippen LogP contribution in [0.5, 0.6) is 0 Å². The van der Waals surface area contributed by atoms with Crippen molar-refractivity contribution in [3.05, 3.63) is 24.8 Å². The highest BCUT2D eigenvalue weighted by molar-refractivity contribution is 5.74. The van der Waals surface area contributed by atoms with Crippen LogP contribution in [0.2, 0.25) is 0 Å². The van der Waals surface area contributed by atoms with Crippen molar-refractivity contribution in [1.29, 1.82) is 0 Å². The number of hydrogen-bond donors (Lipinski definition) is 2. The maximum absolute atomic E-state index is 11.7. The molecule has 0 aliphatic heterocycles. The Morgan fingerprint density at radius 1 is 1.61 bits per heavy atom. The summed E-state index contributed by atoms with van der Waals surface area (Å²) >= 11 is 0. The Labute approximate surface area is 107 Å². The van der Waals surface area contributed by atoms with Crippen LogP contribution < -0.4 is 10.6 Å². The molecule has 0 bridgehead atoms. The van der Waals surface area contributed by atoms with Gasteiger partial charge >= 0.3 is 6.03 Å². The molecular formula is C12H21N5O. The van der Waals surface area contributed by atoms with E-state index in [0.29, 0.717) is 6.54 Å². The normalized spacial score (nSPS) is 11.9. The average molecular weight is 251 g/mol. The second-order valence-corrected chi connectivity index (χ2v) is 3.95. The van der Waals surface area contributed by atoms with Crippen LogP contribution in [-0.4, -0.2) is 26.8 Å². The standard InChI is InChI=1S/C12H21N5O/c1-4-7-10(5-2)16-12(18)13-8-11-14-9-15-17(11)6-3/h4,9-10H,1,5-8H2,2-3H3,(H2,13,16,18)/t10-/m1/s1. The number of hydrogen-bond acceptors (Lipinski definition) is 3. The van der Waals surface area contributed by atoms with Gasteiger partial charge in [0.1, 0.15) is 12.2 Å². The molecular weight excluding hydrogens is 230 g/mol. The smallest absolute Gasteiger partial charge is 0.315 e. The van der Waals surface area contributed by atoms with E-state index in [0.717, 1.165) is 25.2 Å². The largest absolute Gasteiger partial charge is 0.335 e. The molecule has 0 radical (unpaired) electrons. The molecule has 6 heteroatoms. The van der Waals surface area contributed by atoms with Crippen molar-refractivity contribution in [2.45, 2.75) is 45.8 Å². The maximum atomic E-state index is 11.7. The van der Waals surface area contributed by atoms with Crippen LogP contribution in [0.25, 0.3) is 0 Å². The lowest BCUT2D eigenvalue weighted by molar-refractivity contribution is 0.235. The van der Waals surface area contributed by atoms with Crippen molar-refractivity contribution >= 4 is 6.03 Å². The summed E-state index contributed by atoms with van der Waals surface area (Å²) in [5, 5.41) is 9.70. The molecule has 2 amide bonds. The molecule has 0 aliphatic rings. The highest BCUT2D eigenvalue weighted by Gasteiger charge is 2.09. The molecule has 18 heavy (non-hydrogen) atoms. The Balaban J connectivity index is 2.39. The van der Waals surface area contributed by atoms with Crippen LogP contribution in [0.3, 0.4) is 0 Å². The lowest BCUT2D eigenvalue weighted by Gasteiger charge is -2.15. The number of carbonyl (C=O) groups excluding carboxylic acids is 1. The number of aromatic nitrogens is 3. The van der Waals surface area contributed by atoms with Gasteiger partial charge in [0.05, 0.1) is 6.54 Å². The molecule has 1 atom stereocenters. The van der Waals surface area contributed by atoms with E-state index < -0.39 is 0 Å². The van der Waals surface area contributed by atoms with Crippen molar-refractivity contribution in [2.75, 3.05) is 0 Å². The molecule has 0 fully saturated rings. The van der Waals surface area contributed by atoms with Crippen LogP contribution in [-0.2, 0) is 13.1 Å². The second-order valence-electron chi connectivity index (χ2n) is 3.95. The van der Waals surface area contributed by atoms with Gasteiger partial charge in [0.15, 0.2) is 0 Å². The van der Waals surface area contributed by atoms with E-state index in [2.05, 4.69) is 27.3 Å². The quantitative estimate of drug-likeness (QED) is 0.720. The predicted molar refractivity (Wildman–Crippen MR) is 70.0 cm³/mol. The third kappa shape index (κ3) is 4.20. The fraction of sp³-hybridized carbons (Fsp3) is 0.583. The van der Waals surface area contributed by atoms with Crippen molar-refractivity contribution in [2.24, 2.45) is 0 Å². The van der Waals surface area contributed by atoms with Gasteiger partial charge in [-0.15, -0.1) is 6.58 Å². The molecule has 1 aromatic heterocycles. The topological polar surface area (TPSA) is 71.8 Å². The van der Waals surface area contributed by atoms with E-state index in [1.165, 1.54) is 6.33 Å². The van der Waals surface area contributed by atoms with Gasteiger partial charge in [-0.05, 0) is 19.8 Å². The third-order valence-corrected chi connectivity index (χ3v) is 2.68. The first-order valence-electron chi connectivity index (χ1n) is 6.23. The van der Waals surface area contributed by atoms with Crippen molar-refractivity contribution in [3.63, 3.8) is 0 Å². The fourth-order valence-corrected chi connectivity index (χ4v) is 1.61. The summed E-state index contributed by atoms with van der Waals surface area (Å²) in [6.45, 7) is 8.81. The van der Waals surface area contributed by atoms with E-state index in [9.17, 15) is 4.79 Å². The first kappa shape index (κ1) is 14.2. The zero-order chi connectivity index (χ0) is 13.4. The SMILES string of the molecule is C=CC[C@@H](CC)NC(=O)NCc1ncnn1CC. The van der Waals surface area contributed by atoms with E-state index in [-0.39, 0.29) is 12.1 Å². The van der Waals surface area contributed by atoms with Crippen LogP contribution >= 0.6 is 0 Å². The van der Waals surface area contributed by atoms with Crippen LogP contribution in [0.1, 0.15) is 32.5 Å². The van der Waals surface area contributed by atoms with Gasteiger partial charge in [-0.3, -0.25) is 0 Å². The summed E-state index contributed by atoms with van der Waals surface area (Å²) in [4.78, 5) is 15.8. The minimum atomic E-state index is -0.186. The molecule has 0 spiro atoms. The first-order valence-corrected chi connectivity index (χ1v) is 6.23. The Morgan fingerprint density at radius 2 is 2.39 bits per heavy atom. The molecule has 0 saturated heterocycles. The molecule has 1 aromatic rings. The molecule has 0 unspecified atom stereocenters. The number of rotatable bonds is 7. The van der Waals surface area contributed by atoms with E-state index >= 15 is 0 Å². The van der Waals surface area contributed by atoms with Gasteiger partial charge in [0.25, 0.3) is 0 Å². The van der Waals surface area contributed by atoms with Crippen LogP contribution in [0, 0.1) is 0 Å². The summed E-state index contributed by atoms with van der Waals surface area (Å²) < 4.78 is 1.75. The van der Waals surface area contributed by atoms with Gasteiger partial charge in [-0.2, -0.15) is 5.10 Å². The Bertz CT molecular complexity index is 388. The lowest BCUT2D eigenvalue weighted by atomic mass is 10.1. The Kier molecular flexibility index (Phi) is 5.90. The van der Waals surface area contributed by atoms with E-state index in [1.54, 1.807) is 4.68 Å². The number of urea groups is 1. The number of nitrogens with one attached hydrogen (secondary N) is 2. The maximum Gasteiger partial charge on any atom is 0.315 e. The van der Waals surface area contributed by atoms with E-state index in [1.807, 2.05) is 19.9 Å². The highest BCUT2D eigenvalue weighted by Crippen LogP contribution is 1.98. The minimum Gasteiger partial charge on any atom is -0.335 e. The molecule has 0 aliphatic carbocycles.